The highest BCUT2D eigenvalue weighted by Crippen LogP contribution is 2.22. The maximum Gasteiger partial charge on any atom is 0.335 e. The molecule has 0 aliphatic carbocycles. The molecule has 9 heteroatoms. The maximum atomic E-state index is 13.6. The molecular formula is C12H13F2NO5S. The number of halogens is 2. The molecule has 0 aliphatic heterocycles. The molecule has 0 fully saturated rings. The van der Waals surface area contributed by atoms with E-state index in [4.69, 9.17) is 5.11 Å². The summed E-state index contributed by atoms with van der Waals surface area (Å²) >= 11 is 0. The Morgan fingerprint density at radius 1 is 1.29 bits per heavy atom. The van der Waals surface area contributed by atoms with Crippen LogP contribution in [0.25, 0.3) is 0 Å². The molecular weight excluding hydrogens is 308 g/mol. The van der Waals surface area contributed by atoms with Gasteiger partial charge in [-0.3, -0.25) is 4.79 Å². The zero-order valence-electron chi connectivity index (χ0n) is 11.0. The van der Waals surface area contributed by atoms with Crippen molar-refractivity contribution in [2.24, 2.45) is 0 Å². The van der Waals surface area contributed by atoms with Crippen LogP contribution in [0.5, 0.6) is 0 Å². The molecule has 21 heavy (non-hydrogen) atoms. The van der Waals surface area contributed by atoms with Crippen LogP contribution < -0.4 is 5.32 Å². The number of nitrogens with one attached hydrogen (secondary N) is 1. The van der Waals surface area contributed by atoms with Crippen molar-refractivity contribution in [3.63, 3.8) is 0 Å². The number of sulfone groups is 1. The van der Waals surface area contributed by atoms with Crippen molar-refractivity contribution in [1.29, 1.82) is 0 Å². The summed E-state index contributed by atoms with van der Waals surface area (Å²) in [6.07, 6.45) is -0.196. The van der Waals surface area contributed by atoms with Gasteiger partial charge in [0.05, 0.1) is 11.3 Å². The molecule has 1 rings (SSSR count). The minimum atomic E-state index is -4.23. The van der Waals surface area contributed by atoms with Gasteiger partial charge in [0.1, 0.15) is 4.90 Å². The molecule has 0 saturated carbocycles. The maximum absolute atomic E-state index is 13.6. The average Bonchev–Trinajstić information content (AvgIpc) is 2.40. The number of amides is 1. The van der Waals surface area contributed by atoms with E-state index >= 15 is 0 Å². The van der Waals surface area contributed by atoms with Crippen molar-refractivity contribution in [1.82, 2.24) is 5.32 Å². The predicted molar refractivity (Wildman–Crippen MR) is 68.7 cm³/mol. The molecule has 0 atom stereocenters. The van der Waals surface area contributed by atoms with E-state index in [1.807, 2.05) is 0 Å². The zero-order chi connectivity index (χ0) is 16.2. The van der Waals surface area contributed by atoms with Crippen molar-refractivity contribution in [2.75, 3.05) is 12.8 Å². The lowest BCUT2D eigenvalue weighted by Crippen LogP contribution is -2.19. The van der Waals surface area contributed by atoms with Crippen LogP contribution in [0.2, 0.25) is 0 Å². The SMILES string of the molecule is CNC(=O)CCCS(=O)(=O)c1cc(C(=O)O)cc(F)c1F. The first-order chi connectivity index (χ1) is 9.69. The average molecular weight is 321 g/mol. The number of carboxylic acids is 1. The van der Waals surface area contributed by atoms with Gasteiger partial charge in [0, 0.05) is 13.5 Å². The van der Waals surface area contributed by atoms with E-state index in [0.717, 1.165) is 0 Å². The Morgan fingerprint density at radius 3 is 2.43 bits per heavy atom. The number of carboxylic acid groups (broad SMARTS) is 1. The van der Waals surface area contributed by atoms with Gasteiger partial charge >= 0.3 is 5.97 Å². The van der Waals surface area contributed by atoms with Crippen LogP contribution in [0, 0.1) is 11.6 Å². The first-order valence-electron chi connectivity index (χ1n) is 5.84. The van der Waals surface area contributed by atoms with Crippen LogP contribution in [-0.4, -0.2) is 38.2 Å². The van der Waals surface area contributed by atoms with Gasteiger partial charge in [-0.05, 0) is 18.6 Å². The van der Waals surface area contributed by atoms with Crippen LogP contribution in [0.3, 0.4) is 0 Å². The Hall–Kier alpha value is -2.03. The van der Waals surface area contributed by atoms with Crippen LogP contribution in [-0.2, 0) is 14.6 Å². The van der Waals surface area contributed by atoms with Crippen molar-refractivity contribution in [3.8, 4) is 0 Å². The summed E-state index contributed by atoms with van der Waals surface area (Å²) in [6, 6.07) is 0.969. The number of hydrogen-bond acceptors (Lipinski definition) is 4. The van der Waals surface area contributed by atoms with Crippen molar-refractivity contribution < 1.29 is 31.9 Å². The highest BCUT2D eigenvalue weighted by atomic mass is 32.2. The van der Waals surface area contributed by atoms with E-state index in [1.165, 1.54) is 7.05 Å². The van der Waals surface area contributed by atoms with Gasteiger partial charge in [-0.15, -0.1) is 0 Å². The fourth-order valence-electron chi connectivity index (χ4n) is 1.57. The molecule has 0 heterocycles. The fourth-order valence-corrected chi connectivity index (χ4v) is 2.99. The molecule has 0 aromatic heterocycles. The smallest absolute Gasteiger partial charge is 0.335 e. The topological polar surface area (TPSA) is 101 Å². The lowest BCUT2D eigenvalue weighted by atomic mass is 10.2. The number of aromatic carboxylic acids is 1. The van der Waals surface area contributed by atoms with Crippen LogP contribution in [0.1, 0.15) is 23.2 Å². The van der Waals surface area contributed by atoms with Gasteiger partial charge in [-0.1, -0.05) is 0 Å². The first kappa shape index (κ1) is 17.0. The number of carbonyl (C=O) groups is 2. The largest absolute Gasteiger partial charge is 0.478 e. The molecule has 1 aromatic rings. The van der Waals surface area contributed by atoms with E-state index in [2.05, 4.69) is 5.32 Å². The van der Waals surface area contributed by atoms with Crippen LogP contribution >= 0.6 is 0 Å². The third kappa shape index (κ3) is 4.22. The number of rotatable bonds is 6. The third-order valence-corrected chi connectivity index (χ3v) is 4.47. The minimum absolute atomic E-state index is 0.0969. The Balaban J connectivity index is 3.07. The van der Waals surface area contributed by atoms with Gasteiger partial charge in [0.15, 0.2) is 21.5 Å². The summed E-state index contributed by atoms with van der Waals surface area (Å²) in [5.41, 5.74) is -0.668. The molecule has 0 unspecified atom stereocenters. The Kier molecular flexibility index (Phi) is 5.36. The summed E-state index contributed by atoms with van der Waals surface area (Å²) in [4.78, 5) is 20.7. The molecule has 0 bridgehead atoms. The molecule has 0 spiro atoms. The Morgan fingerprint density at radius 2 is 1.90 bits per heavy atom. The summed E-state index contributed by atoms with van der Waals surface area (Å²) in [7, 11) is -2.85. The van der Waals surface area contributed by atoms with E-state index in [1.54, 1.807) is 0 Å². The highest BCUT2D eigenvalue weighted by Gasteiger charge is 2.24. The quantitative estimate of drug-likeness (QED) is 0.813. The number of benzene rings is 1. The van der Waals surface area contributed by atoms with E-state index in [9.17, 15) is 26.8 Å². The van der Waals surface area contributed by atoms with Crippen LogP contribution in [0.15, 0.2) is 17.0 Å². The number of carbonyl (C=O) groups excluding carboxylic acids is 1. The molecule has 2 N–H and O–H groups in total. The molecule has 0 radical (unpaired) electrons. The molecule has 0 aliphatic rings. The summed E-state index contributed by atoms with van der Waals surface area (Å²) in [6.45, 7) is 0. The van der Waals surface area contributed by atoms with E-state index in [0.29, 0.717) is 12.1 Å². The summed E-state index contributed by atoms with van der Waals surface area (Å²) in [5.74, 6) is -5.74. The van der Waals surface area contributed by atoms with E-state index in [-0.39, 0.29) is 12.8 Å². The molecule has 116 valence electrons. The van der Waals surface area contributed by atoms with Crippen molar-refractivity contribution >= 4 is 21.7 Å². The highest BCUT2D eigenvalue weighted by molar-refractivity contribution is 7.91. The van der Waals surface area contributed by atoms with Gasteiger partial charge in [0.25, 0.3) is 0 Å². The van der Waals surface area contributed by atoms with Gasteiger partial charge < -0.3 is 10.4 Å². The monoisotopic (exact) mass is 321 g/mol. The standard InChI is InChI=1S/C12H13F2NO5S/c1-15-10(16)3-2-4-21(19,20)9-6-7(12(17)18)5-8(13)11(9)14/h5-6H,2-4H2,1H3,(H,15,16)(H,17,18). The second-order valence-corrected chi connectivity index (χ2v) is 6.25. The Labute approximate surface area is 119 Å². The molecule has 1 amide bonds. The summed E-state index contributed by atoms with van der Waals surface area (Å²) < 4.78 is 50.7. The van der Waals surface area contributed by atoms with Gasteiger partial charge in [-0.2, -0.15) is 0 Å². The zero-order valence-corrected chi connectivity index (χ0v) is 11.8. The number of hydrogen-bond donors (Lipinski definition) is 2. The van der Waals surface area contributed by atoms with Crippen molar-refractivity contribution in [2.45, 2.75) is 17.7 Å². The second kappa shape index (κ2) is 6.61. The molecule has 0 saturated heterocycles. The van der Waals surface area contributed by atoms with Gasteiger partial charge in [0.2, 0.25) is 5.91 Å². The first-order valence-corrected chi connectivity index (χ1v) is 7.50. The fraction of sp³-hybridized carbons (Fsp3) is 0.333. The molecule has 1 aromatic carbocycles. The third-order valence-electron chi connectivity index (χ3n) is 2.67. The second-order valence-electron chi connectivity index (χ2n) is 4.17. The predicted octanol–water partition coefficient (Wildman–Crippen LogP) is 0.963. The lowest BCUT2D eigenvalue weighted by Gasteiger charge is -2.07. The van der Waals surface area contributed by atoms with E-state index < -0.39 is 49.6 Å². The van der Waals surface area contributed by atoms with Gasteiger partial charge in [-0.25, -0.2) is 22.0 Å². The normalized spacial score (nSPS) is 11.2. The lowest BCUT2D eigenvalue weighted by molar-refractivity contribution is -0.120. The summed E-state index contributed by atoms with van der Waals surface area (Å²) in [5, 5.41) is 11.0. The Bertz CT molecular complexity index is 672. The van der Waals surface area contributed by atoms with Crippen LogP contribution in [0.4, 0.5) is 8.78 Å². The van der Waals surface area contributed by atoms with Crippen molar-refractivity contribution in [3.05, 3.63) is 29.3 Å². The minimum Gasteiger partial charge on any atom is -0.478 e. The molecule has 6 nitrogen and oxygen atoms in total.